The van der Waals surface area contributed by atoms with Gasteiger partial charge in [0.2, 0.25) is 0 Å². The zero-order chi connectivity index (χ0) is 14.1. The van der Waals surface area contributed by atoms with Crippen molar-refractivity contribution >= 4 is 45.3 Å². The summed E-state index contributed by atoms with van der Waals surface area (Å²) >= 11 is 3.67. The van der Waals surface area contributed by atoms with E-state index in [9.17, 15) is 0 Å². The average Bonchev–Trinajstić information content (AvgIpc) is 1.96. The van der Waals surface area contributed by atoms with Crippen LogP contribution in [-0.2, 0) is 0 Å². The lowest BCUT2D eigenvalue weighted by atomic mass is 10.6. The molecule has 0 unspecified atom stereocenters. The maximum absolute atomic E-state index is 3.67. The van der Waals surface area contributed by atoms with Gasteiger partial charge in [0.1, 0.15) is 0 Å². The molecule has 0 bridgehead atoms. The maximum atomic E-state index is 3.67. The molecule has 0 heterocycles. The Balaban J connectivity index is 5.75. The van der Waals surface area contributed by atoms with Gasteiger partial charge in [-0.1, -0.05) is 80.9 Å². The monoisotopic (exact) mass is 368 g/mol. The number of hydrogen-bond acceptors (Lipinski definition) is 0. The summed E-state index contributed by atoms with van der Waals surface area (Å²) in [6, 6.07) is 1.61. The molecule has 0 aromatic rings. The lowest BCUT2D eigenvalue weighted by Gasteiger charge is -2.58. The molecule has 0 N–H and O–H groups in total. The van der Waals surface area contributed by atoms with E-state index in [2.05, 4.69) is 74.9 Å². The average molecular weight is 370 g/mol. The van der Waals surface area contributed by atoms with Gasteiger partial charge in [-0.05, 0) is 6.42 Å². The Labute approximate surface area is 122 Å². The van der Waals surface area contributed by atoms with Crippen molar-refractivity contribution in [3.8, 4) is 0 Å². The Morgan fingerprint density at radius 2 is 0.941 bits per heavy atom. The first-order valence-corrected chi connectivity index (χ1v) is 23.7. The van der Waals surface area contributed by atoms with Crippen molar-refractivity contribution in [2.24, 2.45) is 0 Å². The smallest absolute Gasteiger partial charge is 0.0374 e. The van der Waals surface area contributed by atoms with E-state index in [1.807, 2.05) is 0 Å². The van der Waals surface area contributed by atoms with Gasteiger partial charge in [-0.15, -0.1) is 0 Å². The summed E-state index contributed by atoms with van der Waals surface area (Å²) in [5.74, 6) is 0. The highest BCUT2D eigenvalue weighted by molar-refractivity contribution is 9.09. The van der Waals surface area contributed by atoms with Gasteiger partial charge in [-0.2, -0.15) is 0 Å². The van der Waals surface area contributed by atoms with Crippen LogP contribution in [0.4, 0.5) is 0 Å². The molecule has 0 aromatic heterocycles. The quantitative estimate of drug-likeness (QED) is 0.430. The minimum absolute atomic E-state index is 1.00. The topological polar surface area (TPSA) is 0 Å². The number of rotatable bonds is 6. The van der Waals surface area contributed by atoms with Crippen LogP contribution in [0.3, 0.4) is 0 Å². The van der Waals surface area contributed by atoms with Gasteiger partial charge < -0.3 is 0 Å². The van der Waals surface area contributed by atoms with Crippen LogP contribution in [0.25, 0.3) is 0 Å². The standard InChI is InChI=1S/C12H33BrSi4/c1-14(2,3)17(12-10-11-13,15(4,5)6)16(7,8)9/h10-12H2,1-9H3. The Kier molecular flexibility index (Phi) is 6.23. The lowest BCUT2D eigenvalue weighted by molar-refractivity contribution is 1.09. The molecular formula is C12H33BrSi4. The van der Waals surface area contributed by atoms with E-state index in [1.165, 1.54) is 11.8 Å². The fourth-order valence-corrected chi connectivity index (χ4v) is 105. The molecule has 0 rings (SSSR count). The first-order valence-electron chi connectivity index (χ1n) is 6.87. The Bertz CT molecular complexity index is 209. The molecule has 0 atom stereocenters. The van der Waals surface area contributed by atoms with Crippen LogP contribution >= 0.6 is 15.9 Å². The third-order valence-electron chi connectivity index (χ3n) is 4.53. The molecule has 0 aliphatic carbocycles. The summed E-state index contributed by atoms with van der Waals surface area (Å²) in [5, 5.41) is 1.21. The predicted molar refractivity (Wildman–Crippen MR) is 99.0 cm³/mol. The molecule has 0 radical (unpaired) electrons. The molecule has 0 saturated carbocycles. The summed E-state index contributed by atoms with van der Waals surface area (Å²) in [7, 11) is -3.01. The summed E-state index contributed by atoms with van der Waals surface area (Å²) < 4.78 is 0. The highest BCUT2D eigenvalue weighted by atomic mass is 79.9. The highest BCUT2D eigenvalue weighted by Crippen LogP contribution is 2.40. The Morgan fingerprint density at radius 3 is 1.12 bits per heavy atom. The Morgan fingerprint density at radius 1 is 0.647 bits per heavy atom. The van der Waals surface area contributed by atoms with Gasteiger partial charge in [0.05, 0.1) is 0 Å². The minimum Gasteiger partial charge on any atom is -0.0928 e. The van der Waals surface area contributed by atoms with Crippen molar-refractivity contribution in [1.82, 2.24) is 0 Å². The van der Waals surface area contributed by atoms with E-state index in [-0.39, 0.29) is 0 Å². The number of hydrogen-bond donors (Lipinski definition) is 0. The van der Waals surface area contributed by atoms with Crippen LogP contribution in [0.15, 0.2) is 0 Å². The molecule has 0 saturated heterocycles. The van der Waals surface area contributed by atoms with Crippen LogP contribution in [0.5, 0.6) is 0 Å². The number of halogens is 1. The fourth-order valence-electron chi connectivity index (χ4n) is 4.83. The molecule has 0 fully saturated rings. The first kappa shape index (κ1) is 18.3. The molecule has 0 aliphatic rings. The van der Waals surface area contributed by atoms with Crippen molar-refractivity contribution in [1.29, 1.82) is 0 Å². The van der Waals surface area contributed by atoms with Crippen molar-refractivity contribution < 1.29 is 0 Å². The molecule has 0 aromatic carbocycles. The zero-order valence-electron chi connectivity index (χ0n) is 13.5. The molecule has 17 heavy (non-hydrogen) atoms. The van der Waals surface area contributed by atoms with Gasteiger partial charge in [0.15, 0.2) is 0 Å². The molecule has 5 heteroatoms. The minimum atomic E-state index is -1.03. The van der Waals surface area contributed by atoms with Crippen molar-refractivity contribution in [3.63, 3.8) is 0 Å². The summed E-state index contributed by atoms with van der Waals surface area (Å²) in [4.78, 5) is 0. The first-order chi connectivity index (χ1) is 7.31. The largest absolute Gasteiger partial charge is 0.0928 e. The predicted octanol–water partition coefficient (Wildman–Crippen LogP) is 5.47. The molecule has 0 aliphatic heterocycles. The molecular weight excluding hydrogens is 336 g/mol. The van der Waals surface area contributed by atoms with Crippen LogP contribution in [0.1, 0.15) is 6.42 Å². The van der Waals surface area contributed by atoms with E-state index >= 15 is 0 Å². The van der Waals surface area contributed by atoms with Crippen LogP contribution in [0.2, 0.25) is 65.0 Å². The molecule has 0 nitrogen and oxygen atoms in total. The second-order valence-electron chi connectivity index (χ2n) is 8.45. The van der Waals surface area contributed by atoms with Crippen LogP contribution in [0, 0.1) is 0 Å². The SMILES string of the molecule is C[Si](C)(C)[Si](CCCBr)([Si](C)(C)C)[Si](C)(C)C. The third-order valence-corrected chi connectivity index (χ3v) is 79.7. The summed E-state index contributed by atoms with van der Waals surface area (Å²) in [5.41, 5.74) is 0. The summed E-state index contributed by atoms with van der Waals surface area (Å²) in [6.45, 7) is 23.1. The Hall–Kier alpha value is 1.35. The van der Waals surface area contributed by atoms with Crippen LogP contribution in [-0.4, -0.2) is 34.7 Å². The molecule has 104 valence electrons. The van der Waals surface area contributed by atoms with Gasteiger partial charge >= 0.3 is 0 Å². The fraction of sp³-hybridized carbons (Fsp3) is 1.00. The van der Waals surface area contributed by atoms with E-state index in [1.54, 1.807) is 6.04 Å². The van der Waals surface area contributed by atoms with E-state index in [0.29, 0.717) is 0 Å². The second-order valence-corrected chi connectivity index (χ2v) is 50.7. The lowest BCUT2D eigenvalue weighted by Crippen LogP contribution is -2.82. The van der Waals surface area contributed by atoms with E-state index < -0.39 is 29.4 Å². The second kappa shape index (κ2) is 5.77. The van der Waals surface area contributed by atoms with Gasteiger partial charge in [0.25, 0.3) is 0 Å². The molecule has 0 spiro atoms. The highest BCUT2D eigenvalue weighted by Gasteiger charge is 2.60. The summed E-state index contributed by atoms with van der Waals surface area (Å²) in [6.07, 6.45) is 1.42. The zero-order valence-corrected chi connectivity index (χ0v) is 19.1. The van der Waals surface area contributed by atoms with Crippen molar-refractivity contribution in [2.45, 2.75) is 71.4 Å². The van der Waals surface area contributed by atoms with E-state index in [4.69, 9.17) is 0 Å². The van der Waals surface area contributed by atoms with E-state index in [0.717, 1.165) is 0 Å². The van der Waals surface area contributed by atoms with Crippen molar-refractivity contribution in [2.75, 3.05) is 5.33 Å². The number of alkyl halides is 1. The molecule has 0 amide bonds. The normalized spacial score (nSPS) is 15.2. The maximum Gasteiger partial charge on any atom is 0.0374 e. The van der Waals surface area contributed by atoms with Gasteiger partial charge in [0, 0.05) is 34.7 Å². The van der Waals surface area contributed by atoms with Crippen molar-refractivity contribution in [3.05, 3.63) is 0 Å². The van der Waals surface area contributed by atoms with Gasteiger partial charge in [-0.3, -0.25) is 0 Å². The third kappa shape index (κ3) is 3.67. The van der Waals surface area contributed by atoms with Crippen LogP contribution < -0.4 is 0 Å². The van der Waals surface area contributed by atoms with Gasteiger partial charge in [-0.25, -0.2) is 0 Å².